The van der Waals surface area contributed by atoms with Crippen molar-refractivity contribution in [3.63, 3.8) is 0 Å². The molecule has 1 fully saturated rings. The van der Waals surface area contributed by atoms with E-state index in [0.717, 1.165) is 12.1 Å². The monoisotopic (exact) mass is 461 g/mol. The van der Waals surface area contributed by atoms with Gasteiger partial charge in [0.25, 0.3) is 5.91 Å². The molecule has 2 aromatic heterocycles. The largest absolute Gasteiger partial charge is 0.442 e. The number of alkyl halides is 3. The predicted octanol–water partition coefficient (Wildman–Crippen LogP) is 3.13. The van der Waals surface area contributed by atoms with Crippen LogP contribution in [-0.2, 0) is 18.0 Å². The van der Waals surface area contributed by atoms with Gasteiger partial charge in [-0.1, -0.05) is 0 Å². The molecule has 0 saturated carbocycles. The molecule has 1 saturated heterocycles. The van der Waals surface area contributed by atoms with Gasteiger partial charge in [0.1, 0.15) is 11.9 Å². The normalized spacial score (nSPS) is 15.6. The van der Waals surface area contributed by atoms with Gasteiger partial charge in [-0.15, -0.1) is 0 Å². The van der Waals surface area contributed by atoms with Crippen molar-refractivity contribution in [2.24, 2.45) is 7.05 Å². The van der Waals surface area contributed by atoms with E-state index in [4.69, 9.17) is 9.47 Å². The highest BCUT2D eigenvalue weighted by atomic mass is 19.4. The molecule has 1 aliphatic rings. The number of aromatic nitrogens is 3. The van der Waals surface area contributed by atoms with Crippen LogP contribution in [0, 0.1) is 0 Å². The molecule has 3 aromatic rings. The van der Waals surface area contributed by atoms with Gasteiger partial charge in [0, 0.05) is 19.4 Å². The van der Waals surface area contributed by atoms with E-state index in [0.29, 0.717) is 11.3 Å². The van der Waals surface area contributed by atoms with E-state index in [9.17, 15) is 22.8 Å². The van der Waals surface area contributed by atoms with Gasteiger partial charge < -0.3 is 20.1 Å². The summed E-state index contributed by atoms with van der Waals surface area (Å²) in [7, 11) is 1.71. The van der Waals surface area contributed by atoms with E-state index in [-0.39, 0.29) is 30.3 Å². The molecule has 12 heteroatoms. The first-order valence-electron chi connectivity index (χ1n) is 9.77. The lowest BCUT2D eigenvalue weighted by atomic mass is 10.1. The molecule has 33 heavy (non-hydrogen) atoms. The summed E-state index contributed by atoms with van der Waals surface area (Å²) in [6.07, 6.45) is -2.52. The lowest BCUT2D eigenvalue weighted by molar-refractivity contribution is -0.137. The number of cyclic esters (lactones) is 1. The van der Waals surface area contributed by atoms with Gasteiger partial charge in [0.2, 0.25) is 5.88 Å². The number of hydrogen-bond donors (Lipinski definition) is 2. The Bertz CT molecular complexity index is 1180. The van der Waals surface area contributed by atoms with Crippen LogP contribution in [0.2, 0.25) is 0 Å². The molecule has 0 unspecified atom stereocenters. The number of amides is 2. The van der Waals surface area contributed by atoms with Crippen molar-refractivity contribution in [3.8, 4) is 22.9 Å². The van der Waals surface area contributed by atoms with Crippen LogP contribution < -0.4 is 15.4 Å². The zero-order chi connectivity index (χ0) is 23.6. The Hall–Kier alpha value is -4.09. The van der Waals surface area contributed by atoms with Crippen molar-refractivity contribution in [2.45, 2.75) is 12.3 Å². The first-order chi connectivity index (χ1) is 15.7. The first kappa shape index (κ1) is 22.1. The van der Waals surface area contributed by atoms with E-state index in [2.05, 4.69) is 20.7 Å². The van der Waals surface area contributed by atoms with Crippen molar-refractivity contribution < 1.29 is 32.2 Å². The molecule has 2 amide bonds. The van der Waals surface area contributed by atoms with Gasteiger partial charge in [-0.25, -0.2) is 9.78 Å². The lowest BCUT2D eigenvalue weighted by Gasteiger charge is -2.13. The molecule has 3 heterocycles. The summed E-state index contributed by atoms with van der Waals surface area (Å²) in [6, 6.07) is 7.38. The van der Waals surface area contributed by atoms with Crippen LogP contribution in [0.4, 0.5) is 18.0 Å². The Morgan fingerprint density at radius 1 is 1.30 bits per heavy atom. The van der Waals surface area contributed by atoms with Gasteiger partial charge in [-0.2, -0.15) is 18.3 Å². The maximum absolute atomic E-state index is 12.8. The number of benzene rings is 1. The fraction of sp³-hybridized carbons (Fsp3) is 0.238. The van der Waals surface area contributed by atoms with Gasteiger partial charge in [-0.05, 0) is 36.4 Å². The lowest BCUT2D eigenvalue weighted by Crippen LogP contribution is -2.34. The number of nitrogens with one attached hydrogen (secondary N) is 2. The molecule has 0 bridgehead atoms. The van der Waals surface area contributed by atoms with Crippen molar-refractivity contribution in [1.82, 2.24) is 25.4 Å². The van der Waals surface area contributed by atoms with Crippen LogP contribution in [0.5, 0.6) is 11.6 Å². The average molecular weight is 461 g/mol. The second-order valence-corrected chi connectivity index (χ2v) is 7.19. The predicted molar refractivity (Wildman–Crippen MR) is 109 cm³/mol. The molecule has 4 rings (SSSR count). The fourth-order valence-electron chi connectivity index (χ4n) is 3.08. The smallest absolute Gasteiger partial charge is 0.416 e. The highest BCUT2D eigenvalue weighted by molar-refractivity contribution is 5.95. The topological polar surface area (TPSA) is 107 Å². The summed E-state index contributed by atoms with van der Waals surface area (Å²) in [5, 5.41) is 9.46. The van der Waals surface area contributed by atoms with Gasteiger partial charge >= 0.3 is 12.3 Å². The summed E-state index contributed by atoms with van der Waals surface area (Å²) in [5.74, 6) is -0.247. The molecular weight excluding hydrogens is 443 g/mol. The van der Waals surface area contributed by atoms with E-state index in [1.165, 1.54) is 24.4 Å². The number of alkyl carbamates (subject to hydrolysis) is 1. The average Bonchev–Trinajstić information content (AvgIpc) is 3.40. The number of carbonyl (C=O) groups is 2. The summed E-state index contributed by atoms with van der Waals surface area (Å²) < 4.78 is 50.6. The molecule has 0 aliphatic carbocycles. The quantitative estimate of drug-likeness (QED) is 0.584. The number of ether oxygens (including phenoxy) is 2. The third-order valence-electron chi connectivity index (χ3n) is 4.74. The van der Waals surface area contributed by atoms with Crippen molar-refractivity contribution >= 4 is 12.0 Å². The molecule has 2 N–H and O–H groups in total. The second kappa shape index (κ2) is 8.81. The van der Waals surface area contributed by atoms with Crippen LogP contribution in [0.1, 0.15) is 15.9 Å². The van der Waals surface area contributed by atoms with E-state index < -0.39 is 29.8 Å². The Kier molecular flexibility index (Phi) is 5.90. The number of halogens is 3. The van der Waals surface area contributed by atoms with Crippen molar-refractivity contribution in [1.29, 1.82) is 0 Å². The maximum Gasteiger partial charge on any atom is 0.416 e. The summed E-state index contributed by atoms with van der Waals surface area (Å²) in [4.78, 5) is 27.9. The molecule has 172 valence electrons. The summed E-state index contributed by atoms with van der Waals surface area (Å²) in [6.45, 7) is 0.400. The molecule has 0 radical (unpaired) electrons. The summed E-state index contributed by atoms with van der Waals surface area (Å²) >= 11 is 0. The van der Waals surface area contributed by atoms with Crippen LogP contribution in [0.3, 0.4) is 0 Å². The van der Waals surface area contributed by atoms with Crippen LogP contribution >= 0.6 is 0 Å². The van der Waals surface area contributed by atoms with Crippen molar-refractivity contribution in [3.05, 3.63) is 59.9 Å². The Morgan fingerprint density at radius 3 is 2.67 bits per heavy atom. The Morgan fingerprint density at radius 2 is 2.06 bits per heavy atom. The van der Waals surface area contributed by atoms with Gasteiger partial charge in [0.05, 0.1) is 35.5 Å². The van der Waals surface area contributed by atoms with Crippen LogP contribution in [-0.4, -0.2) is 46.0 Å². The maximum atomic E-state index is 12.8. The molecule has 1 atom stereocenters. The van der Waals surface area contributed by atoms with Crippen molar-refractivity contribution in [2.75, 3.05) is 13.1 Å². The minimum Gasteiger partial charge on any atom is -0.442 e. The molecule has 9 nitrogen and oxygen atoms in total. The SMILES string of the molecule is Cn1ccc(-c2cc(C(=O)NC[C@@H]3CNC(=O)O3)cnc2Oc2ccc(C(F)(F)F)cc2)n1. The zero-order valence-corrected chi connectivity index (χ0v) is 17.2. The number of rotatable bonds is 6. The summed E-state index contributed by atoms with van der Waals surface area (Å²) in [5.41, 5.74) is 0.225. The molecule has 1 aliphatic heterocycles. The first-order valence-corrected chi connectivity index (χ1v) is 9.77. The highest BCUT2D eigenvalue weighted by Crippen LogP contribution is 2.34. The zero-order valence-electron chi connectivity index (χ0n) is 17.2. The number of aryl methyl sites for hydroxylation is 1. The van der Waals surface area contributed by atoms with E-state index in [1.54, 1.807) is 24.0 Å². The number of pyridine rings is 1. The molecular formula is C21H18F3N5O4. The highest BCUT2D eigenvalue weighted by Gasteiger charge is 2.30. The van der Waals surface area contributed by atoms with Gasteiger partial charge in [0.15, 0.2) is 0 Å². The third kappa shape index (κ3) is 5.22. The minimum absolute atomic E-state index is 0.0685. The Labute approximate surface area is 185 Å². The molecule has 1 aromatic carbocycles. The van der Waals surface area contributed by atoms with Gasteiger partial charge in [-0.3, -0.25) is 9.48 Å². The Balaban J connectivity index is 1.56. The standard InChI is InChI=1S/C21H18F3N5O4/c1-29-7-6-17(28-29)16-8-12(18(30)25-10-15-11-27-20(31)33-15)9-26-19(16)32-14-4-2-13(3-5-14)21(22,23)24/h2-9,15H,10-11H2,1H3,(H,25,30)(H,27,31)/t15-/m1/s1. The van der Waals surface area contributed by atoms with Crippen LogP contribution in [0.15, 0.2) is 48.8 Å². The second-order valence-electron chi connectivity index (χ2n) is 7.19. The fourth-order valence-corrected chi connectivity index (χ4v) is 3.08. The minimum atomic E-state index is -4.46. The van der Waals surface area contributed by atoms with Crippen LogP contribution in [0.25, 0.3) is 11.3 Å². The third-order valence-corrected chi connectivity index (χ3v) is 4.74. The number of hydrogen-bond acceptors (Lipinski definition) is 6. The number of carbonyl (C=O) groups excluding carboxylic acids is 2. The number of nitrogens with zero attached hydrogens (tertiary/aromatic N) is 3. The van der Waals surface area contributed by atoms with E-state index >= 15 is 0 Å². The van der Waals surface area contributed by atoms with E-state index in [1.807, 2.05) is 0 Å². The molecule has 0 spiro atoms.